The van der Waals surface area contributed by atoms with Crippen LogP contribution in [0.3, 0.4) is 0 Å². The topological polar surface area (TPSA) is 38.8 Å². The number of hydrogen-bond acceptors (Lipinski definition) is 4. The van der Waals surface area contributed by atoms with Gasteiger partial charge in [-0.15, -0.1) is 0 Å². The normalized spacial score (nSPS) is 25.5. The van der Waals surface area contributed by atoms with Crippen LogP contribution in [0.25, 0.3) is 0 Å². The summed E-state index contributed by atoms with van der Waals surface area (Å²) in [5.74, 6) is 0.416. The number of ether oxygens (including phenoxy) is 2. The maximum absolute atomic E-state index is 11.8. The molecule has 2 aliphatic rings. The maximum Gasteiger partial charge on any atom is 0.331 e. The number of nitrogens with zero attached hydrogens (tertiary/aromatic N) is 1. The Hall–Kier alpha value is -1.29. The highest BCUT2D eigenvalue weighted by Gasteiger charge is 2.24. The Kier molecular flexibility index (Phi) is 5.65. The molecule has 4 nitrogen and oxygen atoms in total. The molecule has 4 heteroatoms. The lowest BCUT2D eigenvalue weighted by molar-refractivity contribution is -0.137. The van der Waals surface area contributed by atoms with Crippen molar-refractivity contribution in [3.05, 3.63) is 23.4 Å². The lowest BCUT2D eigenvalue weighted by Gasteiger charge is -2.35. The zero-order valence-electron chi connectivity index (χ0n) is 12.6. The number of esters is 1. The third-order valence-electron chi connectivity index (χ3n) is 3.99. The van der Waals surface area contributed by atoms with Gasteiger partial charge in [0.1, 0.15) is 0 Å². The first-order chi connectivity index (χ1) is 9.74. The third-order valence-corrected chi connectivity index (χ3v) is 3.99. The summed E-state index contributed by atoms with van der Waals surface area (Å²) in [6, 6.07) is 0. The van der Waals surface area contributed by atoms with Crippen LogP contribution in [0.4, 0.5) is 0 Å². The molecule has 1 aliphatic heterocycles. The smallest absolute Gasteiger partial charge is 0.331 e. The fraction of sp³-hybridized carbons (Fsp3) is 0.688. The van der Waals surface area contributed by atoms with Gasteiger partial charge < -0.3 is 14.4 Å². The Morgan fingerprint density at radius 3 is 2.85 bits per heavy atom. The van der Waals surface area contributed by atoms with Gasteiger partial charge in [-0.1, -0.05) is 19.4 Å². The van der Waals surface area contributed by atoms with Crippen molar-refractivity contribution in [1.82, 2.24) is 4.90 Å². The fourth-order valence-corrected chi connectivity index (χ4v) is 2.81. The number of carbonyl (C=O) groups is 1. The molecule has 0 saturated carbocycles. The Morgan fingerprint density at radius 1 is 1.45 bits per heavy atom. The number of morpholine rings is 1. The van der Waals surface area contributed by atoms with E-state index in [0.717, 1.165) is 51.1 Å². The Morgan fingerprint density at radius 2 is 2.20 bits per heavy atom. The molecule has 0 aromatic rings. The molecule has 2 rings (SSSR count). The monoisotopic (exact) mass is 279 g/mol. The van der Waals surface area contributed by atoms with E-state index in [1.165, 1.54) is 5.70 Å². The van der Waals surface area contributed by atoms with Gasteiger partial charge in [-0.25, -0.2) is 4.79 Å². The van der Waals surface area contributed by atoms with E-state index in [9.17, 15) is 4.79 Å². The minimum Gasteiger partial charge on any atom is -0.463 e. The molecule has 0 amide bonds. The highest BCUT2D eigenvalue weighted by Crippen LogP contribution is 2.32. The van der Waals surface area contributed by atoms with Crippen LogP contribution in [0.5, 0.6) is 0 Å². The predicted octanol–water partition coefficient (Wildman–Crippen LogP) is 2.51. The Balaban J connectivity index is 2.16. The largest absolute Gasteiger partial charge is 0.463 e. The van der Waals surface area contributed by atoms with Crippen LogP contribution >= 0.6 is 0 Å². The van der Waals surface area contributed by atoms with Crippen LogP contribution in [0, 0.1) is 5.92 Å². The van der Waals surface area contributed by atoms with Gasteiger partial charge in [0.25, 0.3) is 0 Å². The summed E-state index contributed by atoms with van der Waals surface area (Å²) < 4.78 is 10.5. The standard InChI is InChI=1S/C16H25NO3/c1-3-13-5-6-15(17-7-9-19-10-8-17)14(11-13)12-16(18)20-4-2/h6,12-13H,3-5,7-11H2,1-2H3. The fourth-order valence-electron chi connectivity index (χ4n) is 2.81. The number of carbonyl (C=O) groups excluding carboxylic acids is 1. The molecular weight excluding hydrogens is 254 g/mol. The van der Waals surface area contributed by atoms with Crippen molar-refractivity contribution in [3.63, 3.8) is 0 Å². The van der Waals surface area contributed by atoms with E-state index >= 15 is 0 Å². The van der Waals surface area contributed by atoms with Crippen molar-refractivity contribution in [1.29, 1.82) is 0 Å². The van der Waals surface area contributed by atoms with Crippen molar-refractivity contribution in [2.24, 2.45) is 5.92 Å². The first-order valence-electron chi connectivity index (χ1n) is 7.65. The van der Waals surface area contributed by atoms with Gasteiger partial charge in [0, 0.05) is 24.9 Å². The summed E-state index contributed by atoms with van der Waals surface area (Å²) in [6.45, 7) is 7.82. The van der Waals surface area contributed by atoms with Crippen LogP contribution in [-0.2, 0) is 14.3 Å². The summed E-state index contributed by atoms with van der Waals surface area (Å²) in [5.41, 5.74) is 2.34. The van der Waals surface area contributed by atoms with E-state index in [4.69, 9.17) is 9.47 Å². The van der Waals surface area contributed by atoms with Gasteiger partial charge in [0.2, 0.25) is 0 Å². The van der Waals surface area contributed by atoms with E-state index in [0.29, 0.717) is 12.5 Å². The number of hydrogen-bond donors (Lipinski definition) is 0. The molecular formula is C16H25NO3. The minimum atomic E-state index is -0.224. The average molecular weight is 279 g/mol. The van der Waals surface area contributed by atoms with Crippen LogP contribution in [-0.4, -0.2) is 43.8 Å². The second kappa shape index (κ2) is 7.48. The van der Waals surface area contributed by atoms with E-state index in [-0.39, 0.29) is 5.97 Å². The summed E-state index contributed by atoms with van der Waals surface area (Å²) in [6.07, 6.45) is 7.19. The first kappa shape index (κ1) is 15.1. The molecule has 1 saturated heterocycles. The molecule has 1 unspecified atom stereocenters. The summed E-state index contributed by atoms with van der Waals surface area (Å²) in [4.78, 5) is 14.1. The summed E-state index contributed by atoms with van der Waals surface area (Å²) >= 11 is 0. The van der Waals surface area contributed by atoms with E-state index in [1.807, 2.05) is 6.92 Å². The minimum absolute atomic E-state index is 0.224. The van der Waals surface area contributed by atoms with Crippen molar-refractivity contribution in [2.75, 3.05) is 32.9 Å². The predicted molar refractivity (Wildman–Crippen MR) is 78.2 cm³/mol. The number of allylic oxidation sites excluding steroid dienone is 2. The lowest BCUT2D eigenvalue weighted by atomic mass is 9.86. The highest BCUT2D eigenvalue weighted by molar-refractivity contribution is 5.83. The van der Waals surface area contributed by atoms with Crippen molar-refractivity contribution < 1.29 is 14.3 Å². The van der Waals surface area contributed by atoms with Gasteiger partial charge in [-0.05, 0) is 31.3 Å². The molecule has 1 fully saturated rings. The molecule has 0 aromatic heterocycles. The van der Waals surface area contributed by atoms with Crippen molar-refractivity contribution in [2.45, 2.75) is 33.1 Å². The molecule has 0 N–H and O–H groups in total. The molecule has 1 atom stereocenters. The second-order valence-corrected chi connectivity index (χ2v) is 5.32. The van der Waals surface area contributed by atoms with E-state index < -0.39 is 0 Å². The SMILES string of the molecule is CCOC(=O)C=C1CC(CC)CC=C1N1CCOCC1. The van der Waals surface area contributed by atoms with Gasteiger partial charge in [0.05, 0.1) is 19.8 Å². The third kappa shape index (κ3) is 3.85. The zero-order valence-corrected chi connectivity index (χ0v) is 12.6. The van der Waals surface area contributed by atoms with Crippen LogP contribution < -0.4 is 0 Å². The molecule has 1 aliphatic carbocycles. The Labute approximate surface area is 121 Å². The maximum atomic E-state index is 11.8. The summed E-state index contributed by atoms with van der Waals surface area (Å²) in [7, 11) is 0. The molecule has 0 radical (unpaired) electrons. The number of rotatable bonds is 4. The van der Waals surface area contributed by atoms with Crippen LogP contribution in [0.15, 0.2) is 23.4 Å². The van der Waals surface area contributed by atoms with Crippen molar-refractivity contribution in [3.8, 4) is 0 Å². The molecule has 20 heavy (non-hydrogen) atoms. The van der Waals surface area contributed by atoms with Gasteiger partial charge in [-0.3, -0.25) is 0 Å². The lowest BCUT2D eigenvalue weighted by Crippen LogP contribution is -2.37. The second-order valence-electron chi connectivity index (χ2n) is 5.32. The molecule has 112 valence electrons. The van der Waals surface area contributed by atoms with Crippen molar-refractivity contribution >= 4 is 5.97 Å². The molecule has 1 heterocycles. The summed E-state index contributed by atoms with van der Waals surface area (Å²) in [5, 5.41) is 0. The van der Waals surface area contributed by atoms with Gasteiger partial charge >= 0.3 is 5.97 Å². The average Bonchev–Trinajstić information content (AvgIpc) is 2.48. The first-order valence-corrected chi connectivity index (χ1v) is 7.65. The highest BCUT2D eigenvalue weighted by atomic mass is 16.5. The Bertz CT molecular complexity index is 395. The molecule has 0 bridgehead atoms. The zero-order chi connectivity index (χ0) is 14.4. The van der Waals surface area contributed by atoms with Crippen LogP contribution in [0.2, 0.25) is 0 Å². The van der Waals surface area contributed by atoms with E-state index in [1.54, 1.807) is 6.08 Å². The van der Waals surface area contributed by atoms with Gasteiger partial charge in [-0.2, -0.15) is 0 Å². The molecule has 0 spiro atoms. The van der Waals surface area contributed by atoms with E-state index in [2.05, 4.69) is 17.9 Å². The van der Waals surface area contributed by atoms with Gasteiger partial charge in [0.15, 0.2) is 0 Å². The quantitative estimate of drug-likeness (QED) is 0.585. The molecule has 0 aromatic carbocycles. The van der Waals surface area contributed by atoms with Crippen LogP contribution in [0.1, 0.15) is 33.1 Å².